The van der Waals surface area contributed by atoms with Crippen LogP contribution < -0.4 is 15.9 Å². The Morgan fingerprint density at radius 3 is 2.48 bits per heavy atom. The molecule has 1 aromatic carbocycles. The van der Waals surface area contributed by atoms with E-state index >= 15 is 0 Å². The zero-order chi connectivity index (χ0) is 18.0. The number of aromatic nitrogens is 5. The van der Waals surface area contributed by atoms with E-state index in [4.69, 9.17) is 10.4 Å². The van der Waals surface area contributed by atoms with Crippen molar-refractivity contribution in [3.05, 3.63) is 47.1 Å². The lowest BCUT2D eigenvalue weighted by molar-refractivity contribution is 0.0982. The zero-order valence-corrected chi connectivity index (χ0v) is 13.5. The van der Waals surface area contributed by atoms with E-state index in [1.807, 2.05) is 0 Å². The molecule has 130 valence electrons. The van der Waals surface area contributed by atoms with Crippen molar-refractivity contribution in [3.8, 4) is 0 Å². The molecular formula is C14H16N8O3. The van der Waals surface area contributed by atoms with E-state index in [2.05, 4.69) is 25.8 Å². The highest BCUT2D eigenvalue weighted by molar-refractivity contribution is 6.07. The summed E-state index contributed by atoms with van der Waals surface area (Å²) in [4.78, 5) is 14.5. The molecule has 11 heteroatoms. The number of aromatic amines is 1. The van der Waals surface area contributed by atoms with E-state index in [0.717, 1.165) is 0 Å². The highest BCUT2D eigenvalue weighted by Crippen LogP contribution is 2.24. The van der Waals surface area contributed by atoms with Crippen LogP contribution >= 0.6 is 0 Å². The quantitative estimate of drug-likeness (QED) is 0.449. The lowest BCUT2D eigenvalue weighted by Crippen LogP contribution is -2.32. The Kier molecular flexibility index (Phi) is 4.41. The van der Waals surface area contributed by atoms with Gasteiger partial charge in [0, 0.05) is 5.69 Å². The summed E-state index contributed by atoms with van der Waals surface area (Å²) in [5.41, 5.74) is 1.78. The lowest BCUT2D eigenvalue weighted by Gasteiger charge is -2.22. The van der Waals surface area contributed by atoms with Gasteiger partial charge in [0.05, 0.1) is 17.9 Å². The number of rotatable bonds is 5. The summed E-state index contributed by atoms with van der Waals surface area (Å²) >= 11 is 0. The monoisotopic (exact) mass is 344 g/mol. The number of aryl methyl sites for hydroxylation is 2. The highest BCUT2D eigenvalue weighted by atomic mass is 16.5. The number of hydrazine groups is 1. The maximum atomic E-state index is 13.0. The van der Waals surface area contributed by atoms with E-state index in [9.17, 15) is 10.0 Å². The van der Waals surface area contributed by atoms with Crippen molar-refractivity contribution in [1.82, 2.24) is 25.8 Å². The average Bonchev–Trinajstić information content (AvgIpc) is 3.22. The SMILES string of the molecule is Cc1noc(C)c1C(=O)N(Cc1nn[nH]n1)c1ccc(N(N)O)cc1. The normalized spacial score (nSPS) is 10.7. The Balaban J connectivity index is 1.99. The second-order valence-electron chi connectivity index (χ2n) is 5.28. The summed E-state index contributed by atoms with van der Waals surface area (Å²) in [5, 5.41) is 27.2. The van der Waals surface area contributed by atoms with Crippen molar-refractivity contribution < 1.29 is 14.5 Å². The van der Waals surface area contributed by atoms with Gasteiger partial charge in [0.15, 0.2) is 5.82 Å². The van der Waals surface area contributed by atoms with Crippen LogP contribution in [0.25, 0.3) is 0 Å². The molecule has 0 aliphatic rings. The fourth-order valence-corrected chi connectivity index (χ4v) is 2.38. The van der Waals surface area contributed by atoms with Gasteiger partial charge in [0.25, 0.3) is 5.91 Å². The molecule has 0 aliphatic heterocycles. The van der Waals surface area contributed by atoms with E-state index in [0.29, 0.717) is 39.4 Å². The minimum absolute atomic E-state index is 0.0875. The molecule has 0 bridgehead atoms. The maximum absolute atomic E-state index is 13.0. The number of carbonyl (C=O) groups excluding carboxylic acids is 1. The second kappa shape index (κ2) is 6.67. The van der Waals surface area contributed by atoms with Gasteiger partial charge in [-0.2, -0.15) is 10.4 Å². The largest absolute Gasteiger partial charge is 0.361 e. The van der Waals surface area contributed by atoms with E-state index in [-0.39, 0.29) is 12.5 Å². The highest BCUT2D eigenvalue weighted by Gasteiger charge is 2.26. The Hall–Kier alpha value is -3.31. The lowest BCUT2D eigenvalue weighted by atomic mass is 10.1. The van der Waals surface area contributed by atoms with Gasteiger partial charge in [-0.25, -0.2) is 5.84 Å². The van der Waals surface area contributed by atoms with Gasteiger partial charge in [-0.15, -0.1) is 10.2 Å². The average molecular weight is 344 g/mol. The molecular weight excluding hydrogens is 328 g/mol. The van der Waals surface area contributed by atoms with Gasteiger partial charge in [-0.05, 0) is 38.1 Å². The van der Waals surface area contributed by atoms with Gasteiger partial charge in [0.1, 0.15) is 11.3 Å². The third-order valence-corrected chi connectivity index (χ3v) is 3.61. The smallest absolute Gasteiger partial charge is 0.264 e. The number of amides is 1. The molecule has 11 nitrogen and oxygen atoms in total. The predicted molar refractivity (Wildman–Crippen MR) is 85.6 cm³/mol. The van der Waals surface area contributed by atoms with Crippen molar-refractivity contribution in [2.24, 2.45) is 5.84 Å². The van der Waals surface area contributed by atoms with Crippen LogP contribution in [-0.2, 0) is 6.54 Å². The van der Waals surface area contributed by atoms with Crippen LogP contribution in [0, 0.1) is 13.8 Å². The third-order valence-electron chi connectivity index (χ3n) is 3.61. The fraction of sp³-hybridized carbons (Fsp3) is 0.214. The number of hydrogen-bond acceptors (Lipinski definition) is 9. The molecule has 25 heavy (non-hydrogen) atoms. The molecule has 0 aliphatic carbocycles. The number of benzene rings is 1. The minimum atomic E-state index is -0.317. The molecule has 0 saturated heterocycles. The van der Waals surface area contributed by atoms with Gasteiger partial charge in [-0.1, -0.05) is 10.4 Å². The summed E-state index contributed by atoms with van der Waals surface area (Å²) < 4.78 is 5.08. The number of hydrogen-bond donors (Lipinski definition) is 3. The van der Waals surface area contributed by atoms with Crippen molar-refractivity contribution in [2.45, 2.75) is 20.4 Å². The molecule has 0 atom stereocenters. The van der Waals surface area contributed by atoms with Crippen molar-refractivity contribution in [3.63, 3.8) is 0 Å². The van der Waals surface area contributed by atoms with Crippen molar-refractivity contribution in [1.29, 1.82) is 0 Å². The first-order chi connectivity index (χ1) is 12.0. The Morgan fingerprint density at radius 2 is 1.96 bits per heavy atom. The number of nitrogens with zero attached hydrogens (tertiary/aromatic N) is 6. The zero-order valence-electron chi connectivity index (χ0n) is 13.5. The van der Waals surface area contributed by atoms with Crippen LogP contribution in [0.1, 0.15) is 27.6 Å². The predicted octanol–water partition coefficient (Wildman–Crippen LogP) is 0.721. The molecule has 3 aromatic rings. The summed E-state index contributed by atoms with van der Waals surface area (Å²) in [7, 11) is 0. The van der Waals surface area contributed by atoms with Crippen LogP contribution in [-0.4, -0.2) is 36.9 Å². The van der Waals surface area contributed by atoms with Crippen molar-refractivity contribution >= 4 is 17.3 Å². The molecule has 0 spiro atoms. The van der Waals surface area contributed by atoms with Crippen LogP contribution in [0.5, 0.6) is 0 Å². The number of H-pyrrole nitrogens is 1. The number of carbonyl (C=O) groups is 1. The summed E-state index contributed by atoms with van der Waals surface area (Å²) in [6.07, 6.45) is 0. The van der Waals surface area contributed by atoms with E-state index in [1.165, 1.54) is 4.90 Å². The number of nitrogens with one attached hydrogen (secondary N) is 1. The molecule has 0 radical (unpaired) electrons. The van der Waals surface area contributed by atoms with Crippen LogP contribution in [0.15, 0.2) is 28.8 Å². The first kappa shape index (κ1) is 16.5. The van der Waals surface area contributed by atoms with Gasteiger partial charge in [-0.3, -0.25) is 10.0 Å². The molecule has 4 N–H and O–H groups in total. The van der Waals surface area contributed by atoms with E-state index < -0.39 is 0 Å². The van der Waals surface area contributed by atoms with E-state index in [1.54, 1.807) is 38.1 Å². The van der Waals surface area contributed by atoms with Gasteiger partial charge in [0.2, 0.25) is 0 Å². The molecule has 0 fully saturated rings. The molecule has 0 saturated carbocycles. The summed E-state index contributed by atoms with van der Waals surface area (Å²) in [6.45, 7) is 3.45. The number of nitrogens with two attached hydrogens (primary N) is 1. The Bertz CT molecular complexity index is 837. The number of tetrazole rings is 1. The standard InChI is InChI=1S/C14H16N8O3/c1-8-13(9(2)25-18-8)14(23)21(7-12-16-19-20-17-12)10-3-5-11(6-4-10)22(15)24/h3-6,24H,7,15H2,1-2H3,(H,16,17,19,20). The Morgan fingerprint density at radius 1 is 1.28 bits per heavy atom. The van der Waals surface area contributed by atoms with Crippen LogP contribution in [0.3, 0.4) is 0 Å². The first-order valence-corrected chi connectivity index (χ1v) is 7.28. The first-order valence-electron chi connectivity index (χ1n) is 7.28. The minimum Gasteiger partial charge on any atom is -0.361 e. The topological polar surface area (TPSA) is 150 Å². The molecule has 3 rings (SSSR count). The van der Waals surface area contributed by atoms with Gasteiger partial charge >= 0.3 is 0 Å². The fourth-order valence-electron chi connectivity index (χ4n) is 2.38. The molecule has 1 amide bonds. The molecule has 2 aromatic heterocycles. The number of anilines is 2. The van der Waals surface area contributed by atoms with Crippen LogP contribution in [0.2, 0.25) is 0 Å². The van der Waals surface area contributed by atoms with Gasteiger partial charge < -0.3 is 9.42 Å². The summed E-state index contributed by atoms with van der Waals surface area (Å²) in [5.74, 6) is 5.72. The van der Waals surface area contributed by atoms with Crippen LogP contribution in [0.4, 0.5) is 11.4 Å². The molecule has 2 heterocycles. The second-order valence-corrected chi connectivity index (χ2v) is 5.28. The maximum Gasteiger partial charge on any atom is 0.264 e. The Labute approximate surface area is 141 Å². The molecule has 0 unspecified atom stereocenters. The summed E-state index contributed by atoms with van der Waals surface area (Å²) in [6, 6.07) is 6.42. The van der Waals surface area contributed by atoms with Crippen molar-refractivity contribution in [2.75, 3.05) is 10.1 Å². The third kappa shape index (κ3) is 3.32.